The van der Waals surface area contributed by atoms with Crippen LogP contribution in [0.2, 0.25) is 5.02 Å². The topological polar surface area (TPSA) is 81.0 Å². The Labute approximate surface area is 183 Å². The summed E-state index contributed by atoms with van der Waals surface area (Å²) >= 11 is 7.23. The number of hydrogen-bond donors (Lipinski definition) is 0. The number of carbonyl (C=O) groups is 1. The number of ether oxygens (including phenoxy) is 1. The van der Waals surface area contributed by atoms with Crippen molar-refractivity contribution in [3.8, 4) is 5.75 Å². The summed E-state index contributed by atoms with van der Waals surface area (Å²) in [6.45, 7) is 0.281. The zero-order valence-corrected chi connectivity index (χ0v) is 18.8. The SMILES string of the molecule is COc1cccc2sc(=NC(=O)C3CCCN3S(=O)(=O)c3ccc(Cl)cc3)n(C)c12. The van der Waals surface area contributed by atoms with Gasteiger partial charge in [-0.15, -0.1) is 0 Å². The van der Waals surface area contributed by atoms with Gasteiger partial charge in [0.25, 0.3) is 5.91 Å². The predicted octanol–water partition coefficient (Wildman–Crippen LogP) is 3.18. The lowest BCUT2D eigenvalue weighted by molar-refractivity contribution is -0.121. The number of amides is 1. The molecule has 0 radical (unpaired) electrons. The highest BCUT2D eigenvalue weighted by Crippen LogP contribution is 2.29. The number of carbonyl (C=O) groups excluding carboxylic acids is 1. The summed E-state index contributed by atoms with van der Waals surface area (Å²) in [6, 6.07) is 10.8. The molecule has 4 rings (SSSR count). The maximum Gasteiger partial charge on any atom is 0.266 e. The summed E-state index contributed by atoms with van der Waals surface area (Å²) in [7, 11) is -0.417. The summed E-state index contributed by atoms with van der Waals surface area (Å²) in [5, 5.41) is 0.450. The van der Waals surface area contributed by atoms with Crippen LogP contribution in [-0.4, -0.2) is 42.9 Å². The molecule has 10 heteroatoms. The maximum atomic E-state index is 13.1. The van der Waals surface area contributed by atoms with Crippen molar-refractivity contribution in [2.24, 2.45) is 12.0 Å². The summed E-state index contributed by atoms with van der Waals surface area (Å²) in [4.78, 5) is 17.9. The molecule has 0 bridgehead atoms. The fraction of sp³-hybridized carbons (Fsp3) is 0.300. The Bertz CT molecular complexity index is 1280. The van der Waals surface area contributed by atoms with Crippen LogP contribution in [0.4, 0.5) is 0 Å². The van der Waals surface area contributed by atoms with E-state index in [1.807, 2.05) is 25.2 Å². The first kappa shape index (κ1) is 21.0. The summed E-state index contributed by atoms with van der Waals surface area (Å²) in [5.41, 5.74) is 0.841. The Morgan fingerprint density at radius 2 is 1.97 bits per heavy atom. The molecule has 1 saturated heterocycles. The van der Waals surface area contributed by atoms with E-state index in [1.165, 1.54) is 39.9 Å². The van der Waals surface area contributed by atoms with Gasteiger partial charge in [-0.2, -0.15) is 9.30 Å². The van der Waals surface area contributed by atoms with Crippen LogP contribution in [-0.2, 0) is 21.9 Å². The highest BCUT2D eigenvalue weighted by atomic mass is 35.5. The van der Waals surface area contributed by atoms with Gasteiger partial charge >= 0.3 is 0 Å². The normalized spacial score (nSPS) is 18.2. The minimum Gasteiger partial charge on any atom is -0.495 e. The molecule has 1 fully saturated rings. The molecular weight excluding hydrogens is 446 g/mol. The molecule has 1 unspecified atom stereocenters. The molecule has 1 amide bonds. The average molecular weight is 466 g/mol. The highest BCUT2D eigenvalue weighted by molar-refractivity contribution is 7.89. The molecule has 2 aromatic carbocycles. The van der Waals surface area contributed by atoms with Crippen LogP contribution in [0.3, 0.4) is 0 Å². The van der Waals surface area contributed by atoms with Crippen LogP contribution in [0.1, 0.15) is 12.8 Å². The number of sulfonamides is 1. The molecule has 0 N–H and O–H groups in total. The van der Waals surface area contributed by atoms with E-state index in [4.69, 9.17) is 16.3 Å². The number of benzene rings is 2. The lowest BCUT2D eigenvalue weighted by atomic mass is 10.2. The van der Waals surface area contributed by atoms with E-state index in [0.717, 1.165) is 10.2 Å². The van der Waals surface area contributed by atoms with E-state index >= 15 is 0 Å². The first-order valence-corrected chi connectivity index (χ1v) is 11.9. The van der Waals surface area contributed by atoms with Gasteiger partial charge in [0.2, 0.25) is 10.0 Å². The Kier molecular flexibility index (Phi) is 5.71. The van der Waals surface area contributed by atoms with Gasteiger partial charge in [-0.1, -0.05) is 29.0 Å². The van der Waals surface area contributed by atoms with Gasteiger partial charge in [0.1, 0.15) is 17.3 Å². The lowest BCUT2D eigenvalue weighted by Gasteiger charge is -2.21. The minimum absolute atomic E-state index is 0.115. The molecular formula is C20H20ClN3O4S2. The van der Waals surface area contributed by atoms with E-state index in [2.05, 4.69) is 4.99 Å². The summed E-state index contributed by atoms with van der Waals surface area (Å²) in [5.74, 6) is 0.221. The van der Waals surface area contributed by atoms with Gasteiger partial charge in [0.05, 0.1) is 16.7 Å². The fourth-order valence-electron chi connectivity index (χ4n) is 3.63. The molecule has 1 atom stereocenters. The van der Waals surface area contributed by atoms with Gasteiger partial charge < -0.3 is 9.30 Å². The van der Waals surface area contributed by atoms with Gasteiger partial charge in [-0.05, 0) is 49.2 Å². The molecule has 1 aliphatic rings. The smallest absolute Gasteiger partial charge is 0.266 e. The molecule has 0 spiro atoms. The molecule has 0 aliphatic carbocycles. The Morgan fingerprint density at radius 3 is 2.67 bits per heavy atom. The number of nitrogens with zero attached hydrogens (tertiary/aromatic N) is 3. The second-order valence-corrected chi connectivity index (χ2v) is 10.3. The number of methoxy groups -OCH3 is 1. The van der Waals surface area contributed by atoms with Gasteiger partial charge in [0.15, 0.2) is 4.80 Å². The Morgan fingerprint density at radius 1 is 1.23 bits per heavy atom. The number of thiazole rings is 1. The van der Waals surface area contributed by atoms with Crippen LogP contribution in [0.5, 0.6) is 5.75 Å². The quantitative estimate of drug-likeness (QED) is 0.592. The van der Waals surface area contributed by atoms with Gasteiger partial charge in [-0.3, -0.25) is 4.79 Å². The number of rotatable bonds is 4. The van der Waals surface area contributed by atoms with Crippen molar-refractivity contribution in [3.05, 3.63) is 52.3 Å². The van der Waals surface area contributed by atoms with Crippen LogP contribution in [0, 0.1) is 0 Å². The van der Waals surface area contributed by atoms with E-state index in [1.54, 1.807) is 11.7 Å². The molecule has 2 heterocycles. The molecule has 30 heavy (non-hydrogen) atoms. The molecule has 1 aromatic heterocycles. The largest absolute Gasteiger partial charge is 0.495 e. The van der Waals surface area contributed by atoms with Crippen molar-refractivity contribution < 1.29 is 17.9 Å². The summed E-state index contributed by atoms with van der Waals surface area (Å²) in [6.07, 6.45) is 1.04. The highest BCUT2D eigenvalue weighted by Gasteiger charge is 2.39. The summed E-state index contributed by atoms with van der Waals surface area (Å²) < 4.78 is 35.5. The van der Waals surface area contributed by atoms with Crippen molar-refractivity contribution in [3.63, 3.8) is 0 Å². The number of fused-ring (bicyclic) bond motifs is 1. The number of para-hydroxylation sites is 1. The molecule has 7 nitrogen and oxygen atoms in total. The second kappa shape index (κ2) is 8.14. The zero-order valence-electron chi connectivity index (χ0n) is 16.4. The van der Waals surface area contributed by atoms with E-state index in [0.29, 0.717) is 28.4 Å². The Hall–Kier alpha value is -2.20. The van der Waals surface area contributed by atoms with E-state index in [9.17, 15) is 13.2 Å². The predicted molar refractivity (Wildman–Crippen MR) is 116 cm³/mol. The fourth-order valence-corrected chi connectivity index (χ4v) is 6.44. The molecule has 1 aliphatic heterocycles. The monoisotopic (exact) mass is 465 g/mol. The van der Waals surface area contributed by atoms with Crippen molar-refractivity contribution in [1.82, 2.24) is 8.87 Å². The number of halogens is 1. The van der Waals surface area contributed by atoms with E-state index < -0.39 is 22.0 Å². The third-order valence-corrected chi connectivity index (χ3v) is 8.39. The zero-order chi connectivity index (χ0) is 21.5. The van der Waals surface area contributed by atoms with Crippen molar-refractivity contribution >= 4 is 49.1 Å². The van der Waals surface area contributed by atoms with Crippen molar-refractivity contribution in [2.45, 2.75) is 23.8 Å². The second-order valence-electron chi connectivity index (χ2n) is 6.93. The lowest BCUT2D eigenvalue weighted by Crippen LogP contribution is -2.40. The number of aromatic nitrogens is 1. The average Bonchev–Trinajstić information content (AvgIpc) is 3.34. The van der Waals surface area contributed by atoms with Gasteiger partial charge in [0, 0.05) is 18.6 Å². The third kappa shape index (κ3) is 3.66. The molecule has 0 saturated carbocycles. The number of hydrogen-bond acceptors (Lipinski definition) is 5. The first-order valence-electron chi connectivity index (χ1n) is 9.31. The van der Waals surface area contributed by atoms with Crippen LogP contribution in [0.15, 0.2) is 52.4 Å². The first-order chi connectivity index (χ1) is 14.3. The van der Waals surface area contributed by atoms with Gasteiger partial charge in [-0.25, -0.2) is 8.42 Å². The molecule has 3 aromatic rings. The van der Waals surface area contributed by atoms with Crippen LogP contribution < -0.4 is 9.54 Å². The van der Waals surface area contributed by atoms with Crippen LogP contribution in [0.25, 0.3) is 10.2 Å². The molecule has 158 valence electrons. The van der Waals surface area contributed by atoms with E-state index in [-0.39, 0.29) is 11.4 Å². The van der Waals surface area contributed by atoms with Crippen molar-refractivity contribution in [2.75, 3.05) is 13.7 Å². The number of aryl methyl sites for hydroxylation is 1. The Balaban J connectivity index is 1.70. The maximum absolute atomic E-state index is 13.1. The minimum atomic E-state index is -3.82. The standard InChI is InChI=1S/C20H20ClN3O4S2/c1-23-18-16(28-2)6-3-7-17(18)29-20(23)22-19(25)15-5-4-12-24(15)30(26,27)14-10-8-13(21)9-11-14/h3,6-11,15H,4-5,12H2,1-2H3. The van der Waals surface area contributed by atoms with Crippen molar-refractivity contribution in [1.29, 1.82) is 0 Å². The van der Waals surface area contributed by atoms with Crippen LogP contribution >= 0.6 is 22.9 Å². The third-order valence-electron chi connectivity index (χ3n) is 5.12.